The summed E-state index contributed by atoms with van der Waals surface area (Å²) in [4.78, 5) is 54.9. The molecule has 4 aliphatic heterocycles. The van der Waals surface area contributed by atoms with Gasteiger partial charge in [0.2, 0.25) is 17.7 Å². The normalized spacial score (nSPS) is 30.6. The van der Waals surface area contributed by atoms with Crippen LogP contribution in [-0.2, 0) is 19.9 Å². The van der Waals surface area contributed by atoms with Crippen molar-refractivity contribution in [1.29, 1.82) is 0 Å². The van der Waals surface area contributed by atoms with Gasteiger partial charge in [0.25, 0.3) is 5.69 Å². The number of benzene rings is 2. The van der Waals surface area contributed by atoms with Crippen molar-refractivity contribution >= 4 is 34.8 Å². The second kappa shape index (κ2) is 6.23. The summed E-state index contributed by atoms with van der Waals surface area (Å²) in [5.41, 5.74) is 0.911. The number of hydrogen-bond donors (Lipinski definition) is 1. The van der Waals surface area contributed by atoms with E-state index in [4.69, 9.17) is 0 Å². The Morgan fingerprint density at radius 3 is 2.66 bits per heavy atom. The highest BCUT2D eigenvalue weighted by molar-refractivity contribution is 6.26. The minimum Gasteiger partial charge on any atom is -0.324 e. The Hall–Kier alpha value is -3.59. The van der Waals surface area contributed by atoms with Crippen LogP contribution in [0.3, 0.4) is 0 Å². The van der Waals surface area contributed by atoms with Gasteiger partial charge in [0, 0.05) is 29.4 Å². The molecule has 3 fully saturated rings. The molecule has 1 N–H and O–H groups in total. The lowest BCUT2D eigenvalue weighted by Crippen LogP contribution is -2.54. The van der Waals surface area contributed by atoms with E-state index in [0.717, 1.165) is 23.3 Å². The van der Waals surface area contributed by atoms with Crippen LogP contribution in [-0.4, -0.2) is 40.1 Å². The zero-order valence-electron chi connectivity index (χ0n) is 17.3. The van der Waals surface area contributed by atoms with Crippen molar-refractivity contribution < 1.29 is 19.3 Å². The van der Waals surface area contributed by atoms with Crippen molar-refractivity contribution in [2.75, 3.05) is 16.8 Å². The summed E-state index contributed by atoms with van der Waals surface area (Å²) < 4.78 is 0. The summed E-state index contributed by atoms with van der Waals surface area (Å²) in [6.07, 6.45) is 1.59. The van der Waals surface area contributed by atoms with Gasteiger partial charge >= 0.3 is 0 Å². The van der Waals surface area contributed by atoms with Gasteiger partial charge in [-0.1, -0.05) is 18.2 Å². The fourth-order valence-corrected chi connectivity index (χ4v) is 6.40. The third kappa shape index (κ3) is 2.09. The van der Waals surface area contributed by atoms with Gasteiger partial charge in [-0.25, -0.2) is 4.90 Å². The van der Waals surface area contributed by atoms with Gasteiger partial charge in [-0.3, -0.25) is 29.4 Å². The lowest BCUT2D eigenvalue weighted by atomic mass is 9.75. The number of aryl methyl sites for hydroxylation is 1. The van der Waals surface area contributed by atoms with Crippen LogP contribution < -0.4 is 10.2 Å². The zero-order valence-corrected chi connectivity index (χ0v) is 17.3. The van der Waals surface area contributed by atoms with Gasteiger partial charge in [-0.2, -0.15) is 0 Å². The molecule has 2 aromatic rings. The number of hydrogen-bond acceptors (Lipinski definition) is 6. The van der Waals surface area contributed by atoms with Crippen molar-refractivity contribution in [3.05, 3.63) is 63.7 Å². The third-order valence-corrected chi connectivity index (χ3v) is 7.53. The summed E-state index contributed by atoms with van der Waals surface area (Å²) in [6, 6.07) is 11.3. The molecule has 9 heteroatoms. The summed E-state index contributed by atoms with van der Waals surface area (Å²) in [5.74, 6) is -2.47. The van der Waals surface area contributed by atoms with E-state index in [0.29, 0.717) is 23.5 Å². The van der Waals surface area contributed by atoms with Crippen molar-refractivity contribution in [2.24, 2.45) is 11.8 Å². The number of para-hydroxylation sites is 1. The number of nitro groups is 1. The molecule has 162 valence electrons. The highest BCUT2D eigenvalue weighted by Gasteiger charge is 2.74. The minimum absolute atomic E-state index is 0.104. The lowest BCUT2D eigenvalue weighted by Gasteiger charge is -2.36. The Labute approximate surface area is 183 Å². The fraction of sp³-hybridized carbons (Fsp3) is 0.348. The molecule has 1 spiro atoms. The summed E-state index contributed by atoms with van der Waals surface area (Å²) in [7, 11) is 0. The minimum atomic E-state index is -1.21. The number of amides is 3. The maximum atomic E-state index is 13.9. The second-order valence-electron chi connectivity index (χ2n) is 8.91. The highest BCUT2D eigenvalue weighted by Crippen LogP contribution is 2.60. The van der Waals surface area contributed by atoms with Crippen LogP contribution >= 0.6 is 0 Å². The van der Waals surface area contributed by atoms with Crippen LogP contribution in [0.15, 0.2) is 42.5 Å². The van der Waals surface area contributed by atoms with Crippen LogP contribution in [0.2, 0.25) is 0 Å². The summed E-state index contributed by atoms with van der Waals surface area (Å²) in [5, 5.41) is 14.1. The first-order valence-corrected chi connectivity index (χ1v) is 10.7. The molecule has 4 aliphatic rings. The fourth-order valence-electron chi connectivity index (χ4n) is 6.40. The van der Waals surface area contributed by atoms with E-state index in [1.54, 1.807) is 6.92 Å². The maximum Gasteiger partial charge on any atom is 0.269 e. The van der Waals surface area contributed by atoms with E-state index >= 15 is 0 Å². The van der Waals surface area contributed by atoms with Crippen LogP contribution in [0.4, 0.5) is 17.1 Å². The van der Waals surface area contributed by atoms with Gasteiger partial charge in [0.1, 0.15) is 5.54 Å². The Morgan fingerprint density at radius 1 is 1.12 bits per heavy atom. The number of anilines is 2. The van der Waals surface area contributed by atoms with Crippen LogP contribution in [0.1, 0.15) is 24.0 Å². The predicted octanol–water partition coefficient (Wildman–Crippen LogP) is 2.33. The van der Waals surface area contributed by atoms with E-state index in [1.807, 2.05) is 24.3 Å². The molecule has 9 nitrogen and oxygen atoms in total. The van der Waals surface area contributed by atoms with Crippen LogP contribution in [0.25, 0.3) is 0 Å². The zero-order chi connectivity index (χ0) is 22.4. The molecule has 3 saturated heterocycles. The Morgan fingerprint density at radius 2 is 1.91 bits per heavy atom. The molecule has 0 aromatic heterocycles. The van der Waals surface area contributed by atoms with E-state index < -0.39 is 28.2 Å². The van der Waals surface area contributed by atoms with Crippen molar-refractivity contribution in [2.45, 2.75) is 31.3 Å². The molecule has 0 unspecified atom stereocenters. The number of non-ortho nitro benzene ring substituents is 1. The lowest BCUT2D eigenvalue weighted by molar-refractivity contribution is -0.384. The molecular weight excluding hydrogens is 412 g/mol. The molecule has 2 aromatic carbocycles. The number of nitro benzene ring substituents is 1. The number of carbonyl (C=O) groups excluding carboxylic acids is 3. The van der Waals surface area contributed by atoms with Gasteiger partial charge < -0.3 is 5.32 Å². The SMILES string of the molecule is Cc1cc([N+](=O)[O-])ccc1N1C(=O)[C@H]2[C@H]3CCCN3[C@@]3(C(=O)Nc4ccccc43)[C@@H]2C1=O. The van der Waals surface area contributed by atoms with E-state index in [2.05, 4.69) is 10.2 Å². The first-order valence-electron chi connectivity index (χ1n) is 10.7. The largest absolute Gasteiger partial charge is 0.324 e. The molecule has 3 amide bonds. The molecular formula is C23H20N4O5. The molecule has 0 radical (unpaired) electrons. The Balaban J connectivity index is 1.52. The van der Waals surface area contributed by atoms with Gasteiger partial charge in [-0.15, -0.1) is 0 Å². The number of fused-ring (bicyclic) bond motifs is 7. The number of rotatable bonds is 2. The van der Waals surface area contributed by atoms with Crippen molar-refractivity contribution in [3.8, 4) is 0 Å². The highest BCUT2D eigenvalue weighted by atomic mass is 16.6. The average molecular weight is 432 g/mol. The smallest absolute Gasteiger partial charge is 0.269 e. The van der Waals surface area contributed by atoms with E-state index in [9.17, 15) is 24.5 Å². The average Bonchev–Trinajstić information content (AvgIpc) is 3.47. The standard InChI is InChI=1S/C23H20N4O5/c1-12-11-13(27(31)32)8-9-16(12)26-20(28)18-17-7-4-10-25(17)23(19(18)21(26)29)14-5-2-3-6-15(14)24-22(23)30/h2-3,5-6,8-9,11,17-19H,4,7,10H2,1H3,(H,24,30)/t17-,18+,19+,23-/m1/s1. The molecule has 4 heterocycles. The number of carbonyl (C=O) groups is 3. The monoisotopic (exact) mass is 432 g/mol. The van der Waals surface area contributed by atoms with Gasteiger partial charge in [0.05, 0.1) is 22.4 Å². The Kier molecular flexibility index (Phi) is 3.72. The molecule has 0 aliphatic carbocycles. The topological polar surface area (TPSA) is 113 Å². The predicted molar refractivity (Wildman–Crippen MR) is 114 cm³/mol. The van der Waals surface area contributed by atoms with Crippen LogP contribution in [0.5, 0.6) is 0 Å². The molecule has 6 rings (SSSR count). The second-order valence-corrected chi connectivity index (χ2v) is 8.91. The maximum absolute atomic E-state index is 13.9. The molecule has 0 bridgehead atoms. The molecule has 4 atom stereocenters. The number of nitrogens with one attached hydrogen (secondary N) is 1. The van der Waals surface area contributed by atoms with Crippen molar-refractivity contribution in [3.63, 3.8) is 0 Å². The van der Waals surface area contributed by atoms with E-state index in [-0.39, 0.29) is 23.5 Å². The summed E-state index contributed by atoms with van der Waals surface area (Å²) in [6.45, 7) is 2.29. The quantitative estimate of drug-likeness (QED) is 0.443. The van der Waals surface area contributed by atoms with E-state index in [1.165, 1.54) is 18.2 Å². The number of nitrogens with zero attached hydrogens (tertiary/aromatic N) is 3. The molecule has 32 heavy (non-hydrogen) atoms. The van der Waals surface area contributed by atoms with Crippen LogP contribution in [0, 0.1) is 28.9 Å². The number of imide groups is 1. The third-order valence-electron chi connectivity index (χ3n) is 7.53. The first-order chi connectivity index (χ1) is 15.4. The van der Waals surface area contributed by atoms with Gasteiger partial charge in [-0.05, 0) is 44.0 Å². The molecule has 0 saturated carbocycles. The summed E-state index contributed by atoms with van der Waals surface area (Å²) >= 11 is 0. The van der Waals surface area contributed by atoms with Crippen molar-refractivity contribution in [1.82, 2.24) is 4.90 Å². The first kappa shape index (κ1) is 19.1. The van der Waals surface area contributed by atoms with Gasteiger partial charge in [0.15, 0.2) is 0 Å². The Bertz CT molecular complexity index is 1240.